The molecular weight excluding hydrogens is 284 g/mol. The van der Waals surface area contributed by atoms with Crippen LogP contribution in [0.15, 0.2) is 23.1 Å². The average molecular weight is 308 g/mol. The molecule has 0 amide bonds. The highest BCUT2D eigenvalue weighted by molar-refractivity contribution is 7.99. The molecule has 1 heterocycles. The maximum absolute atomic E-state index is 11.6. The molecule has 2 rings (SSSR count). The zero-order valence-corrected chi connectivity index (χ0v) is 13.6. The van der Waals surface area contributed by atoms with Gasteiger partial charge >= 0.3 is 5.97 Å². The van der Waals surface area contributed by atoms with Crippen molar-refractivity contribution in [3.63, 3.8) is 0 Å². The van der Waals surface area contributed by atoms with Crippen LogP contribution in [0, 0.1) is 5.92 Å². The van der Waals surface area contributed by atoms with Gasteiger partial charge in [0.1, 0.15) is 0 Å². The molecule has 1 saturated heterocycles. The number of nitrogens with one attached hydrogen (secondary N) is 1. The molecule has 1 fully saturated rings. The van der Waals surface area contributed by atoms with Crippen LogP contribution in [-0.2, 0) is 0 Å². The fourth-order valence-corrected chi connectivity index (χ4v) is 3.52. The molecule has 1 aliphatic heterocycles. The van der Waals surface area contributed by atoms with Gasteiger partial charge in [-0.25, -0.2) is 4.79 Å². The number of carboxylic acid groups (broad SMARTS) is 1. The van der Waals surface area contributed by atoms with Gasteiger partial charge in [-0.15, -0.1) is 11.8 Å². The Morgan fingerprint density at radius 2 is 2.14 bits per heavy atom. The van der Waals surface area contributed by atoms with E-state index in [4.69, 9.17) is 0 Å². The van der Waals surface area contributed by atoms with Crippen molar-refractivity contribution in [2.45, 2.75) is 24.7 Å². The number of carboxylic acids is 1. The number of nitrogens with zero attached hydrogens (tertiary/aromatic N) is 1. The molecule has 0 unspecified atom stereocenters. The minimum Gasteiger partial charge on any atom is -0.478 e. The maximum Gasteiger partial charge on any atom is 0.338 e. The molecule has 1 aromatic carbocycles. The van der Waals surface area contributed by atoms with E-state index >= 15 is 0 Å². The Morgan fingerprint density at radius 1 is 1.43 bits per heavy atom. The number of hydrogen-bond donors (Lipinski definition) is 2. The molecule has 1 aliphatic rings. The number of carbonyl (C=O) groups is 1. The second kappa shape index (κ2) is 7.71. The number of anilines is 1. The van der Waals surface area contributed by atoms with E-state index in [0.717, 1.165) is 36.0 Å². The van der Waals surface area contributed by atoms with Crippen LogP contribution in [0.25, 0.3) is 0 Å². The summed E-state index contributed by atoms with van der Waals surface area (Å²) in [6, 6.07) is 5.69. The highest BCUT2D eigenvalue weighted by Crippen LogP contribution is 2.29. The van der Waals surface area contributed by atoms with Gasteiger partial charge in [0.15, 0.2) is 0 Å². The van der Waals surface area contributed by atoms with Gasteiger partial charge in [0.05, 0.1) is 5.56 Å². The van der Waals surface area contributed by atoms with Gasteiger partial charge in [0.25, 0.3) is 0 Å². The maximum atomic E-state index is 11.6. The van der Waals surface area contributed by atoms with Crippen LogP contribution in [0.4, 0.5) is 5.69 Å². The van der Waals surface area contributed by atoms with Crippen molar-refractivity contribution in [1.29, 1.82) is 0 Å². The minimum absolute atomic E-state index is 0.414. The fourth-order valence-electron chi connectivity index (χ4n) is 2.70. The largest absolute Gasteiger partial charge is 0.478 e. The molecule has 116 valence electrons. The first-order chi connectivity index (χ1) is 10.1. The highest BCUT2D eigenvalue weighted by Gasteiger charge is 2.19. The van der Waals surface area contributed by atoms with Gasteiger partial charge in [-0.2, -0.15) is 0 Å². The Morgan fingerprint density at radius 3 is 2.76 bits per heavy atom. The average Bonchev–Trinajstić information content (AvgIpc) is 2.47. The molecule has 0 aromatic heterocycles. The summed E-state index contributed by atoms with van der Waals surface area (Å²) in [6.07, 6.45) is 2.35. The lowest BCUT2D eigenvalue weighted by Crippen LogP contribution is -2.33. The Hall–Kier alpha value is -1.20. The first-order valence-corrected chi connectivity index (χ1v) is 8.52. The fraction of sp³-hybridized carbons (Fsp3) is 0.562. The molecular formula is C16H24N2O2S. The molecule has 21 heavy (non-hydrogen) atoms. The first kappa shape index (κ1) is 16.2. The Bertz CT molecular complexity index is 485. The quantitative estimate of drug-likeness (QED) is 0.790. The predicted octanol–water partition coefficient (Wildman–Crippen LogP) is 3.25. The summed E-state index contributed by atoms with van der Waals surface area (Å²) in [5, 5.41) is 12.9. The summed E-state index contributed by atoms with van der Waals surface area (Å²) in [4.78, 5) is 14.7. The minimum atomic E-state index is -0.850. The lowest BCUT2D eigenvalue weighted by Gasteiger charge is -2.29. The summed E-state index contributed by atoms with van der Waals surface area (Å²) >= 11 is 1.58. The molecule has 0 aliphatic carbocycles. The van der Waals surface area contributed by atoms with Crippen molar-refractivity contribution < 1.29 is 9.90 Å². The normalized spacial score (nSPS) is 16.9. The van der Waals surface area contributed by atoms with Crippen molar-refractivity contribution in [1.82, 2.24) is 4.90 Å². The van der Waals surface area contributed by atoms with E-state index in [9.17, 15) is 9.90 Å². The van der Waals surface area contributed by atoms with Crippen LogP contribution >= 0.6 is 11.8 Å². The summed E-state index contributed by atoms with van der Waals surface area (Å²) in [6.45, 7) is 5.15. The van der Waals surface area contributed by atoms with Crippen LogP contribution in [0.5, 0.6) is 0 Å². The van der Waals surface area contributed by atoms with Crippen LogP contribution in [0.3, 0.4) is 0 Å². The van der Waals surface area contributed by atoms with E-state index in [1.54, 1.807) is 11.8 Å². The molecule has 0 radical (unpaired) electrons. The van der Waals surface area contributed by atoms with Crippen molar-refractivity contribution in [3.8, 4) is 0 Å². The number of hydrogen-bond acceptors (Lipinski definition) is 4. The lowest BCUT2D eigenvalue weighted by atomic mass is 9.97. The zero-order valence-electron chi connectivity index (χ0n) is 12.8. The van der Waals surface area contributed by atoms with Crippen LogP contribution in [0.1, 0.15) is 30.1 Å². The summed E-state index contributed by atoms with van der Waals surface area (Å²) < 4.78 is 0. The zero-order chi connectivity index (χ0) is 15.2. The summed E-state index contributed by atoms with van der Waals surface area (Å²) in [5.74, 6) is 0.654. The summed E-state index contributed by atoms with van der Waals surface area (Å²) in [5.41, 5.74) is 1.16. The molecule has 2 N–H and O–H groups in total. The van der Waals surface area contributed by atoms with E-state index in [2.05, 4.69) is 17.3 Å². The second-order valence-corrected chi connectivity index (χ2v) is 6.85. The van der Waals surface area contributed by atoms with Crippen LogP contribution < -0.4 is 5.32 Å². The topological polar surface area (TPSA) is 52.6 Å². The highest BCUT2D eigenvalue weighted by atomic mass is 32.2. The van der Waals surface area contributed by atoms with Crippen molar-refractivity contribution in [2.75, 3.05) is 37.8 Å². The van der Waals surface area contributed by atoms with Gasteiger partial charge in [-0.05, 0) is 56.8 Å². The van der Waals surface area contributed by atoms with Crippen molar-refractivity contribution >= 4 is 23.4 Å². The third kappa shape index (κ3) is 4.38. The van der Waals surface area contributed by atoms with Gasteiger partial charge in [-0.3, -0.25) is 0 Å². The lowest BCUT2D eigenvalue weighted by molar-refractivity contribution is 0.0694. The Balaban J connectivity index is 2.05. The van der Waals surface area contributed by atoms with Crippen molar-refractivity contribution in [2.24, 2.45) is 5.92 Å². The number of aromatic carboxylic acids is 1. The van der Waals surface area contributed by atoms with E-state index < -0.39 is 5.97 Å². The molecule has 0 atom stereocenters. The van der Waals surface area contributed by atoms with Gasteiger partial charge in [0.2, 0.25) is 0 Å². The SMILES string of the molecule is CCSc1cccc(NCC2CCN(C)CC2)c1C(=O)O. The Kier molecular flexibility index (Phi) is 5.94. The second-order valence-electron chi connectivity index (χ2n) is 5.54. The molecule has 0 spiro atoms. The number of likely N-dealkylation sites (tertiary alicyclic amines) is 1. The number of thioether (sulfide) groups is 1. The van der Waals surface area contributed by atoms with E-state index in [-0.39, 0.29) is 0 Å². The van der Waals surface area contributed by atoms with Gasteiger partial charge < -0.3 is 15.3 Å². The number of piperidine rings is 1. The van der Waals surface area contributed by atoms with Gasteiger partial charge in [0, 0.05) is 17.1 Å². The van der Waals surface area contributed by atoms with E-state index in [0.29, 0.717) is 11.5 Å². The molecule has 4 nitrogen and oxygen atoms in total. The van der Waals surface area contributed by atoms with Crippen molar-refractivity contribution in [3.05, 3.63) is 23.8 Å². The number of rotatable bonds is 6. The first-order valence-electron chi connectivity index (χ1n) is 7.53. The van der Waals surface area contributed by atoms with Crippen LogP contribution in [-0.4, -0.2) is 48.4 Å². The van der Waals surface area contributed by atoms with E-state index in [1.807, 2.05) is 25.1 Å². The molecule has 5 heteroatoms. The molecule has 0 bridgehead atoms. The molecule has 0 saturated carbocycles. The third-order valence-corrected chi connectivity index (χ3v) is 4.90. The monoisotopic (exact) mass is 308 g/mol. The standard InChI is InChI=1S/C16H24N2O2S/c1-3-21-14-6-4-5-13(15(14)16(19)20)17-11-12-7-9-18(2)10-8-12/h4-6,12,17H,3,7-11H2,1-2H3,(H,19,20). The van der Waals surface area contributed by atoms with Crippen LogP contribution in [0.2, 0.25) is 0 Å². The Labute approximate surface area is 130 Å². The van der Waals surface area contributed by atoms with E-state index in [1.165, 1.54) is 12.8 Å². The third-order valence-electron chi connectivity index (χ3n) is 3.96. The smallest absolute Gasteiger partial charge is 0.338 e. The molecule has 1 aromatic rings. The number of benzene rings is 1. The van der Waals surface area contributed by atoms with Gasteiger partial charge in [-0.1, -0.05) is 13.0 Å². The summed E-state index contributed by atoms with van der Waals surface area (Å²) in [7, 11) is 2.15. The predicted molar refractivity (Wildman–Crippen MR) is 88.5 cm³/mol.